The van der Waals surface area contributed by atoms with Crippen molar-refractivity contribution in [3.63, 3.8) is 0 Å². The number of hydrogen-bond acceptors (Lipinski definition) is 6. The molecule has 9 nitrogen and oxygen atoms in total. The highest BCUT2D eigenvalue weighted by molar-refractivity contribution is 5.88. The molecule has 180 valence electrons. The molecule has 2 aromatic heterocycles. The molecule has 3 N–H and O–H groups in total. The number of aryl methyl sites for hydroxylation is 1. The van der Waals surface area contributed by atoms with E-state index in [1.54, 1.807) is 0 Å². The molecule has 4 aromatic rings. The SMILES string of the molecule is Cc1cc(Nc2ncnc3ccn(CCNC(=O)O)c23)ccc1Oc1cccc(OCC2CC2)c1. The molecule has 0 saturated heterocycles. The molecular formula is C26H27N5O4. The molecule has 1 aliphatic rings. The van der Waals surface area contributed by atoms with E-state index < -0.39 is 6.09 Å². The number of nitrogens with one attached hydrogen (secondary N) is 2. The second-order valence-electron chi connectivity index (χ2n) is 8.63. The lowest BCUT2D eigenvalue weighted by atomic mass is 10.2. The Morgan fingerprint density at radius 1 is 1.14 bits per heavy atom. The van der Waals surface area contributed by atoms with Gasteiger partial charge in [-0.1, -0.05) is 6.07 Å². The Hall–Kier alpha value is -4.27. The molecule has 35 heavy (non-hydrogen) atoms. The number of carbonyl (C=O) groups is 1. The maximum atomic E-state index is 10.8. The zero-order valence-electron chi connectivity index (χ0n) is 19.4. The summed E-state index contributed by atoms with van der Waals surface area (Å²) < 4.78 is 13.9. The van der Waals surface area contributed by atoms with Gasteiger partial charge in [-0.2, -0.15) is 0 Å². The van der Waals surface area contributed by atoms with E-state index in [1.807, 2.05) is 66.2 Å². The number of nitrogens with zero attached hydrogens (tertiary/aromatic N) is 3. The molecule has 5 rings (SSSR count). The smallest absolute Gasteiger partial charge is 0.404 e. The number of fused-ring (bicyclic) bond motifs is 1. The molecule has 0 spiro atoms. The van der Waals surface area contributed by atoms with Gasteiger partial charge in [0.25, 0.3) is 0 Å². The summed E-state index contributed by atoms with van der Waals surface area (Å²) in [6, 6.07) is 15.4. The lowest BCUT2D eigenvalue weighted by Crippen LogP contribution is -2.25. The molecule has 0 atom stereocenters. The van der Waals surface area contributed by atoms with E-state index in [4.69, 9.17) is 14.6 Å². The van der Waals surface area contributed by atoms with Gasteiger partial charge in [0, 0.05) is 31.0 Å². The van der Waals surface area contributed by atoms with E-state index in [0.29, 0.717) is 18.3 Å². The first-order valence-corrected chi connectivity index (χ1v) is 11.6. The van der Waals surface area contributed by atoms with Gasteiger partial charge in [-0.25, -0.2) is 14.8 Å². The fourth-order valence-electron chi connectivity index (χ4n) is 3.83. The predicted octanol–water partition coefficient (Wildman–Crippen LogP) is 5.33. The van der Waals surface area contributed by atoms with Crippen LogP contribution in [0.5, 0.6) is 17.2 Å². The van der Waals surface area contributed by atoms with Crippen molar-refractivity contribution >= 4 is 28.6 Å². The van der Waals surface area contributed by atoms with Crippen molar-refractivity contribution in [3.05, 3.63) is 66.6 Å². The Balaban J connectivity index is 1.30. The van der Waals surface area contributed by atoms with Gasteiger partial charge in [-0.3, -0.25) is 0 Å². The third-order valence-electron chi connectivity index (χ3n) is 5.83. The van der Waals surface area contributed by atoms with E-state index >= 15 is 0 Å². The van der Waals surface area contributed by atoms with E-state index in [-0.39, 0.29) is 6.54 Å². The molecule has 9 heteroatoms. The summed E-state index contributed by atoms with van der Waals surface area (Å²) in [5.41, 5.74) is 3.40. The van der Waals surface area contributed by atoms with Crippen molar-refractivity contribution in [1.82, 2.24) is 19.9 Å². The summed E-state index contributed by atoms with van der Waals surface area (Å²) >= 11 is 0. The summed E-state index contributed by atoms with van der Waals surface area (Å²) in [4.78, 5) is 19.5. The van der Waals surface area contributed by atoms with Gasteiger partial charge < -0.3 is 29.8 Å². The van der Waals surface area contributed by atoms with E-state index in [1.165, 1.54) is 19.2 Å². The van der Waals surface area contributed by atoms with Crippen molar-refractivity contribution in [1.29, 1.82) is 0 Å². The van der Waals surface area contributed by atoms with Crippen LogP contribution in [-0.4, -0.2) is 38.9 Å². The van der Waals surface area contributed by atoms with Crippen molar-refractivity contribution < 1.29 is 19.4 Å². The third-order valence-corrected chi connectivity index (χ3v) is 5.83. The lowest BCUT2D eigenvalue weighted by molar-refractivity contribution is 0.194. The highest BCUT2D eigenvalue weighted by Gasteiger charge is 2.22. The molecule has 0 bridgehead atoms. The maximum Gasteiger partial charge on any atom is 0.404 e. The predicted molar refractivity (Wildman–Crippen MR) is 133 cm³/mol. The van der Waals surface area contributed by atoms with Crippen LogP contribution in [-0.2, 0) is 6.54 Å². The van der Waals surface area contributed by atoms with Crippen molar-refractivity contribution in [2.45, 2.75) is 26.3 Å². The Labute approximate surface area is 202 Å². The molecule has 2 heterocycles. The first-order valence-electron chi connectivity index (χ1n) is 11.6. The van der Waals surface area contributed by atoms with E-state index in [0.717, 1.165) is 46.1 Å². The van der Waals surface area contributed by atoms with E-state index in [2.05, 4.69) is 20.6 Å². The minimum absolute atomic E-state index is 0.283. The largest absolute Gasteiger partial charge is 0.493 e. The fourth-order valence-corrected chi connectivity index (χ4v) is 3.83. The summed E-state index contributed by atoms with van der Waals surface area (Å²) in [5, 5.41) is 14.6. The molecule has 1 fully saturated rings. The molecule has 1 amide bonds. The monoisotopic (exact) mass is 473 g/mol. The number of amides is 1. The summed E-state index contributed by atoms with van der Waals surface area (Å²) in [7, 11) is 0. The lowest BCUT2D eigenvalue weighted by Gasteiger charge is -2.14. The topological polar surface area (TPSA) is 111 Å². The van der Waals surface area contributed by atoms with E-state index in [9.17, 15) is 4.79 Å². The maximum absolute atomic E-state index is 10.8. The number of anilines is 2. The van der Waals surface area contributed by atoms with Crippen LogP contribution in [0.15, 0.2) is 61.1 Å². The third kappa shape index (κ3) is 5.63. The molecule has 0 unspecified atom stereocenters. The number of benzene rings is 2. The van der Waals surface area contributed by atoms with Crippen LogP contribution in [0.1, 0.15) is 18.4 Å². The Morgan fingerprint density at radius 2 is 2.00 bits per heavy atom. The minimum atomic E-state index is -1.05. The van der Waals surface area contributed by atoms with Crippen LogP contribution in [0, 0.1) is 12.8 Å². The van der Waals surface area contributed by atoms with Crippen LogP contribution < -0.4 is 20.1 Å². The van der Waals surface area contributed by atoms with Gasteiger partial charge >= 0.3 is 6.09 Å². The zero-order valence-corrected chi connectivity index (χ0v) is 19.4. The van der Waals surface area contributed by atoms with Crippen molar-refractivity contribution in [2.24, 2.45) is 5.92 Å². The Kier molecular flexibility index (Phi) is 6.38. The number of ether oxygens (including phenoxy) is 2. The van der Waals surface area contributed by atoms with Crippen molar-refractivity contribution in [2.75, 3.05) is 18.5 Å². The first kappa shape index (κ1) is 22.5. The minimum Gasteiger partial charge on any atom is -0.493 e. The molecule has 1 saturated carbocycles. The van der Waals surface area contributed by atoms with Crippen LogP contribution in [0.3, 0.4) is 0 Å². The van der Waals surface area contributed by atoms with Gasteiger partial charge in [-0.05, 0) is 67.6 Å². The zero-order chi connectivity index (χ0) is 24.2. The van der Waals surface area contributed by atoms with Crippen LogP contribution >= 0.6 is 0 Å². The van der Waals surface area contributed by atoms with Crippen LogP contribution in [0.2, 0.25) is 0 Å². The molecule has 1 aliphatic carbocycles. The second-order valence-corrected chi connectivity index (χ2v) is 8.63. The molecule has 0 aliphatic heterocycles. The summed E-state index contributed by atoms with van der Waals surface area (Å²) in [6.45, 7) is 3.50. The van der Waals surface area contributed by atoms with Gasteiger partial charge in [0.2, 0.25) is 0 Å². The van der Waals surface area contributed by atoms with Gasteiger partial charge in [0.15, 0.2) is 5.82 Å². The second kappa shape index (κ2) is 9.92. The number of aromatic nitrogens is 3. The normalized spacial score (nSPS) is 12.9. The highest BCUT2D eigenvalue weighted by atomic mass is 16.5. The standard InChI is InChI=1S/C26H27N5O4/c1-17-13-19(7-8-23(17)35-21-4-2-3-20(14-21)34-15-18-5-6-18)30-25-24-22(28-16-29-25)9-11-31(24)12-10-27-26(32)33/h2-4,7-9,11,13-14,16,18,27H,5-6,10,12,15H2,1H3,(H,32,33)(H,28,29,30). The van der Waals surface area contributed by atoms with Gasteiger partial charge in [0.1, 0.15) is 29.1 Å². The van der Waals surface area contributed by atoms with Gasteiger partial charge in [0.05, 0.1) is 12.1 Å². The quantitative estimate of drug-likeness (QED) is 0.285. The highest BCUT2D eigenvalue weighted by Crippen LogP contribution is 2.33. The summed E-state index contributed by atoms with van der Waals surface area (Å²) in [6.07, 6.45) is 4.84. The number of carboxylic acid groups (broad SMARTS) is 1. The van der Waals surface area contributed by atoms with Gasteiger partial charge in [-0.15, -0.1) is 0 Å². The Morgan fingerprint density at radius 3 is 2.80 bits per heavy atom. The number of rotatable bonds is 10. The molecular weight excluding hydrogens is 446 g/mol. The Bertz CT molecular complexity index is 1350. The first-order chi connectivity index (χ1) is 17.0. The van der Waals surface area contributed by atoms with Crippen molar-refractivity contribution in [3.8, 4) is 17.2 Å². The fraction of sp³-hybridized carbons (Fsp3) is 0.269. The summed E-state index contributed by atoms with van der Waals surface area (Å²) in [5.74, 6) is 3.64. The van der Waals surface area contributed by atoms with Crippen LogP contribution in [0.4, 0.5) is 16.3 Å². The van der Waals surface area contributed by atoms with Crippen LogP contribution in [0.25, 0.3) is 11.0 Å². The molecule has 0 radical (unpaired) electrons. The molecule has 2 aromatic carbocycles. The average molecular weight is 474 g/mol. The average Bonchev–Trinajstić information content (AvgIpc) is 3.58. The number of hydrogen-bond donors (Lipinski definition) is 3.